The number of alkyl halides is 2. The quantitative estimate of drug-likeness (QED) is 0.291. The van der Waals surface area contributed by atoms with Gasteiger partial charge in [0.05, 0.1) is 0 Å². The van der Waals surface area contributed by atoms with Gasteiger partial charge in [-0.15, -0.1) is 0 Å². The Kier molecular flexibility index (Phi) is 7.96. The molecular formula is C16H24Br2O2. The third kappa shape index (κ3) is 5.65. The maximum Gasteiger partial charge on any atom is 0.162 e. The second kappa shape index (κ2) is 8.93. The number of para-hydroxylation sites is 1. The standard InChI is InChI=1S/C16H24Br2O2/c1-2-3-4-5-6-7-8-12-16(17,18)13-10-9-11-14(19)15(13)20/h9-11,19-20H,2-8,12H2,1H3. The molecule has 20 heavy (non-hydrogen) atoms. The van der Waals surface area contributed by atoms with Crippen LogP contribution in [0.5, 0.6) is 11.5 Å². The molecule has 0 saturated carbocycles. The summed E-state index contributed by atoms with van der Waals surface area (Å²) in [4.78, 5) is 0. The lowest BCUT2D eigenvalue weighted by atomic mass is 10.0. The molecule has 1 aromatic carbocycles. The molecule has 114 valence electrons. The summed E-state index contributed by atoms with van der Waals surface area (Å²) in [5.41, 5.74) is 0.684. The first-order chi connectivity index (χ1) is 9.49. The average molecular weight is 408 g/mol. The first-order valence-electron chi connectivity index (χ1n) is 7.38. The van der Waals surface area contributed by atoms with E-state index in [1.807, 2.05) is 6.07 Å². The van der Waals surface area contributed by atoms with Gasteiger partial charge in [0.1, 0.15) is 3.23 Å². The van der Waals surface area contributed by atoms with Gasteiger partial charge in [-0.2, -0.15) is 0 Å². The molecule has 0 fully saturated rings. The number of halogens is 2. The summed E-state index contributed by atoms with van der Waals surface area (Å²) in [7, 11) is 0. The van der Waals surface area contributed by atoms with Crippen LogP contribution >= 0.6 is 31.9 Å². The zero-order chi connectivity index (χ0) is 15.0. The molecule has 0 saturated heterocycles. The minimum absolute atomic E-state index is 0.0517. The van der Waals surface area contributed by atoms with Crippen molar-refractivity contribution < 1.29 is 10.2 Å². The van der Waals surface area contributed by atoms with Gasteiger partial charge >= 0.3 is 0 Å². The summed E-state index contributed by atoms with van der Waals surface area (Å²) in [6.45, 7) is 2.23. The highest BCUT2D eigenvalue weighted by Crippen LogP contribution is 2.48. The molecule has 0 bridgehead atoms. The Hall–Kier alpha value is -0.220. The third-order valence-electron chi connectivity index (χ3n) is 3.50. The van der Waals surface area contributed by atoms with Crippen molar-refractivity contribution in [3.05, 3.63) is 23.8 Å². The summed E-state index contributed by atoms with van der Waals surface area (Å²) in [5, 5.41) is 19.5. The number of hydrogen-bond donors (Lipinski definition) is 2. The Balaban J connectivity index is 2.40. The van der Waals surface area contributed by atoms with Gasteiger partial charge in [-0.25, -0.2) is 0 Å². The lowest BCUT2D eigenvalue weighted by molar-refractivity contribution is 0.397. The Morgan fingerprint density at radius 1 is 0.950 bits per heavy atom. The van der Waals surface area contributed by atoms with Crippen LogP contribution in [0.4, 0.5) is 0 Å². The smallest absolute Gasteiger partial charge is 0.162 e. The highest BCUT2D eigenvalue weighted by atomic mass is 79.9. The fourth-order valence-corrected chi connectivity index (χ4v) is 3.47. The van der Waals surface area contributed by atoms with E-state index in [0.29, 0.717) is 5.56 Å². The third-order valence-corrected chi connectivity index (χ3v) is 5.15. The molecule has 0 radical (unpaired) electrons. The van der Waals surface area contributed by atoms with Gasteiger partial charge < -0.3 is 10.2 Å². The maximum atomic E-state index is 9.92. The fraction of sp³-hybridized carbons (Fsp3) is 0.625. The van der Waals surface area contributed by atoms with E-state index in [1.54, 1.807) is 6.07 Å². The van der Waals surface area contributed by atoms with Crippen LogP contribution in [0, 0.1) is 0 Å². The fourth-order valence-electron chi connectivity index (χ4n) is 2.27. The van der Waals surface area contributed by atoms with Crippen LogP contribution in [0.1, 0.15) is 63.9 Å². The van der Waals surface area contributed by atoms with Crippen molar-refractivity contribution in [3.63, 3.8) is 0 Å². The molecule has 0 spiro atoms. The number of phenols is 2. The van der Waals surface area contributed by atoms with Crippen LogP contribution in [0.15, 0.2) is 18.2 Å². The minimum Gasteiger partial charge on any atom is -0.504 e. The van der Waals surface area contributed by atoms with Crippen LogP contribution in [0.25, 0.3) is 0 Å². The average Bonchev–Trinajstić information content (AvgIpc) is 2.40. The van der Waals surface area contributed by atoms with Crippen molar-refractivity contribution in [1.82, 2.24) is 0 Å². The summed E-state index contributed by atoms with van der Waals surface area (Å²) in [5.74, 6) is -0.130. The van der Waals surface area contributed by atoms with Gasteiger partial charge in [-0.3, -0.25) is 0 Å². The Morgan fingerprint density at radius 3 is 2.20 bits per heavy atom. The first kappa shape index (κ1) is 17.8. The molecule has 0 aliphatic rings. The second-order valence-electron chi connectivity index (χ2n) is 5.25. The van der Waals surface area contributed by atoms with Gasteiger partial charge in [0.2, 0.25) is 0 Å². The monoisotopic (exact) mass is 406 g/mol. The molecule has 0 amide bonds. The normalized spacial score (nSPS) is 11.8. The SMILES string of the molecule is CCCCCCCCCC(Br)(Br)c1cccc(O)c1O. The molecule has 0 aromatic heterocycles. The largest absolute Gasteiger partial charge is 0.504 e. The molecule has 0 heterocycles. The van der Waals surface area contributed by atoms with Crippen molar-refractivity contribution in [2.75, 3.05) is 0 Å². The molecular weight excluding hydrogens is 384 g/mol. The lowest BCUT2D eigenvalue weighted by Crippen LogP contribution is -2.09. The molecule has 4 heteroatoms. The maximum absolute atomic E-state index is 9.92. The topological polar surface area (TPSA) is 40.5 Å². The molecule has 1 rings (SSSR count). The number of phenolic OH excluding ortho intramolecular Hbond substituents is 2. The van der Waals surface area contributed by atoms with E-state index in [4.69, 9.17) is 0 Å². The molecule has 0 unspecified atom stereocenters. The van der Waals surface area contributed by atoms with Gasteiger partial charge in [0.25, 0.3) is 0 Å². The van der Waals surface area contributed by atoms with E-state index >= 15 is 0 Å². The van der Waals surface area contributed by atoms with Crippen LogP contribution < -0.4 is 0 Å². The van der Waals surface area contributed by atoms with Crippen molar-refractivity contribution in [3.8, 4) is 11.5 Å². The molecule has 0 aliphatic heterocycles. The molecule has 0 atom stereocenters. The van der Waals surface area contributed by atoms with Crippen LogP contribution in [0.2, 0.25) is 0 Å². The van der Waals surface area contributed by atoms with E-state index in [1.165, 1.54) is 44.6 Å². The van der Waals surface area contributed by atoms with Gasteiger partial charge in [-0.1, -0.05) is 95.9 Å². The van der Waals surface area contributed by atoms with Crippen molar-refractivity contribution in [1.29, 1.82) is 0 Å². The Bertz CT molecular complexity index is 405. The second-order valence-corrected chi connectivity index (χ2v) is 9.02. The van der Waals surface area contributed by atoms with Crippen LogP contribution in [-0.4, -0.2) is 10.2 Å². The Labute approximate surface area is 138 Å². The predicted molar refractivity (Wildman–Crippen MR) is 91.9 cm³/mol. The number of benzene rings is 1. The van der Waals surface area contributed by atoms with Crippen molar-refractivity contribution in [2.24, 2.45) is 0 Å². The highest BCUT2D eigenvalue weighted by molar-refractivity contribution is 9.24. The van der Waals surface area contributed by atoms with Crippen molar-refractivity contribution >= 4 is 31.9 Å². The Morgan fingerprint density at radius 2 is 1.55 bits per heavy atom. The zero-order valence-electron chi connectivity index (χ0n) is 12.0. The molecule has 2 nitrogen and oxygen atoms in total. The minimum atomic E-state index is -0.466. The molecule has 2 N–H and O–H groups in total. The van der Waals surface area contributed by atoms with E-state index in [0.717, 1.165) is 12.8 Å². The molecule has 0 aliphatic carbocycles. The zero-order valence-corrected chi connectivity index (χ0v) is 15.2. The lowest BCUT2D eigenvalue weighted by Gasteiger charge is -2.22. The van der Waals surface area contributed by atoms with Crippen molar-refractivity contribution in [2.45, 2.75) is 61.5 Å². The number of unbranched alkanes of at least 4 members (excludes halogenated alkanes) is 6. The summed E-state index contributed by atoms with van der Waals surface area (Å²) < 4.78 is -0.466. The van der Waals surface area contributed by atoms with Crippen LogP contribution in [0.3, 0.4) is 0 Å². The van der Waals surface area contributed by atoms with E-state index in [-0.39, 0.29) is 11.5 Å². The summed E-state index contributed by atoms with van der Waals surface area (Å²) >= 11 is 7.23. The number of aromatic hydroxyl groups is 2. The van der Waals surface area contributed by atoms with E-state index < -0.39 is 3.23 Å². The molecule has 1 aromatic rings. The van der Waals surface area contributed by atoms with E-state index in [2.05, 4.69) is 38.8 Å². The summed E-state index contributed by atoms with van der Waals surface area (Å²) in [6, 6.07) is 5.05. The number of hydrogen-bond acceptors (Lipinski definition) is 2. The predicted octanol–water partition coefficient (Wildman–Crippen LogP) is 6.18. The number of rotatable bonds is 9. The van der Waals surface area contributed by atoms with Gasteiger partial charge in [-0.05, 0) is 12.5 Å². The van der Waals surface area contributed by atoms with Gasteiger partial charge in [0, 0.05) is 5.56 Å². The first-order valence-corrected chi connectivity index (χ1v) is 8.97. The van der Waals surface area contributed by atoms with Gasteiger partial charge in [0.15, 0.2) is 11.5 Å². The highest BCUT2D eigenvalue weighted by Gasteiger charge is 2.28. The van der Waals surface area contributed by atoms with E-state index in [9.17, 15) is 10.2 Å². The summed E-state index contributed by atoms with van der Waals surface area (Å²) in [6.07, 6.45) is 9.67. The van der Waals surface area contributed by atoms with Crippen LogP contribution in [-0.2, 0) is 3.23 Å².